The van der Waals surface area contributed by atoms with Gasteiger partial charge in [-0.1, -0.05) is 39.3 Å². The molecular formula is C14H21N3Si2. The van der Waals surface area contributed by atoms with Gasteiger partial charge in [0.15, 0.2) is 0 Å². The minimum absolute atomic E-state index is 0.757. The van der Waals surface area contributed by atoms with Gasteiger partial charge in [0.05, 0.1) is 21.7 Å². The average molecular weight is 288 g/mol. The van der Waals surface area contributed by atoms with Gasteiger partial charge in [0.1, 0.15) is 11.8 Å². The summed E-state index contributed by atoms with van der Waals surface area (Å²) < 4.78 is 1.85. The van der Waals surface area contributed by atoms with Crippen LogP contribution >= 0.6 is 0 Å². The molecule has 2 rings (SSSR count). The monoisotopic (exact) mass is 287 g/mol. The Morgan fingerprint density at radius 1 is 1.05 bits per heavy atom. The van der Waals surface area contributed by atoms with Crippen molar-refractivity contribution in [3.05, 3.63) is 24.0 Å². The van der Waals surface area contributed by atoms with E-state index in [1.807, 2.05) is 10.6 Å². The van der Waals surface area contributed by atoms with Crippen LogP contribution in [0.25, 0.3) is 5.52 Å². The lowest BCUT2D eigenvalue weighted by Crippen LogP contribution is -2.55. The van der Waals surface area contributed by atoms with Crippen LogP contribution in [0.1, 0.15) is 5.69 Å². The first-order chi connectivity index (χ1) is 8.68. The summed E-state index contributed by atoms with van der Waals surface area (Å²) in [6.07, 6.45) is 1.76. The highest BCUT2D eigenvalue weighted by atomic mass is 28.3. The minimum atomic E-state index is -1.58. The van der Waals surface area contributed by atoms with Crippen LogP contribution < -0.4 is 10.4 Å². The normalized spacial score (nSPS) is 12.7. The van der Waals surface area contributed by atoms with Crippen LogP contribution in [0.15, 0.2) is 18.3 Å². The van der Waals surface area contributed by atoms with E-state index >= 15 is 0 Å². The molecule has 0 saturated carbocycles. The lowest BCUT2D eigenvalue weighted by molar-refractivity contribution is 0.927. The number of aromatic nitrogens is 2. The first-order valence-electron chi connectivity index (χ1n) is 6.58. The largest absolute Gasteiger partial charge is 0.223 e. The average Bonchev–Trinajstić information content (AvgIpc) is 2.62. The third-order valence-electron chi connectivity index (χ3n) is 3.31. The molecule has 5 heteroatoms. The van der Waals surface area contributed by atoms with Crippen molar-refractivity contribution in [2.24, 2.45) is 0 Å². The fourth-order valence-electron chi connectivity index (χ4n) is 2.68. The fraction of sp³-hybridized carbons (Fsp3) is 0.429. The zero-order valence-corrected chi connectivity index (χ0v) is 14.6. The van der Waals surface area contributed by atoms with Gasteiger partial charge in [-0.15, -0.1) is 0 Å². The number of hydrogen-bond donors (Lipinski definition) is 0. The second kappa shape index (κ2) is 4.32. The third kappa shape index (κ3) is 2.26. The molecule has 0 aliphatic carbocycles. The van der Waals surface area contributed by atoms with Crippen LogP contribution in [0, 0.1) is 11.3 Å². The Kier molecular flexibility index (Phi) is 3.19. The van der Waals surface area contributed by atoms with Gasteiger partial charge in [0.2, 0.25) is 0 Å². The number of hydrogen-bond acceptors (Lipinski definition) is 2. The highest BCUT2D eigenvalue weighted by Gasteiger charge is 2.34. The van der Waals surface area contributed by atoms with Crippen molar-refractivity contribution in [2.75, 3.05) is 0 Å². The summed E-state index contributed by atoms with van der Waals surface area (Å²) in [6, 6.07) is 6.46. The molecule has 2 heterocycles. The van der Waals surface area contributed by atoms with Crippen LogP contribution in [-0.2, 0) is 0 Å². The molecule has 19 heavy (non-hydrogen) atoms. The Morgan fingerprint density at radius 2 is 1.63 bits per heavy atom. The lowest BCUT2D eigenvalue weighted by atomic mass is 10.4. The van der Waals surface area contributed by atoms with Crippen LogP contribution in [0.5, 0.6) is 0 Å². The quantitative estimate of drug-likeness (QED) is 0.795. The topological polar surface area (TPSA) is 41.1 Å². The highest BCUT2D eigenvalue weighted by Crippen LogP contribution is 2.15. The highest BCUT2D eigenvalue weighted by molar-refractivity contribution is 6.99. The maximum atomic E-state index is 9.59. The number of nitrogens with zero attached hydrogens (tertiary/aromatic N) is 3. The van der Waals surface area contributed by atoms with Gasteiger partial charge in [0, 0.05) is 6.20 Å². The third-order valence-corrected chi connectivity index (χ3v) is 7.55. The molecule has 0 fully saturated rings. The van der Waals surface area contributed by atoms with Crippen molar-refractivity contribution in [1.29, 1.82) is 5.26 Å². The Morgan fingerprint density at radius 3 is 2.11 bits per heavy atom. The van der Waals surface area contributed by atoms with E-state index in [4.69, 9.17) is 0 Å². The fourth-order valence-corrected chi connectivity index (χ4v) is 8.51. The van der Waals surface area contributed by atoms with Gasteiger partial charge >= 0.3 is 0 Å². The van der Waals surface area contributed by atoms with E-state index in [0.29, 0.717) is 0 Å². The number of rotatable bonds is 2. The molecule has 0 N–H and O–H groups in total. The zero-order valence-electron chi connectivity index (χ0n) is 12.6. The smallest absolute Gasteiger partial charge is 0.141 e. The summed E-state index contributed by atoms with van der Waals surface area (Å²) in [6.45, 7) is 14.0. The minimum Gasteiger partial charge on any atom is -0.223 e. The molecule has 0 radical (unpaired) electrons. The van der Waals surface area contributed by atoms with Gasteiger partial charge in [-0.2, -0.15) is 10.4 Å². The first kappa shape index (κ1) is 14.0. The van der Waals surface area contributed by atoms with Crippen LogP contribution in [0.4, 0.5) is 0 Å². The summed E-state index contributed by atoms with van der Waals surface area (Å²) in [7, 11) is -3.11. The Bertz CT molecular complexity index is 667. The van der Waals surface area contributed by atoms with E-state index in [0.717, 1.165) is 11.2 Å². The molecule has 0 saturated heterocycles. The van der Waals surface area contributed by atoms with E-state index in [-0.39, 0.29) is 0 Å². The summed E-state index contributed by atoms with van der Waals surface area (Å²) in [5, 5.41) is 16.7. The molecule has 100 valence electrons. The molecule has 0 amide bonds. The van der Waals surface area contributed by atoms with Crippen molar-refractivity contribution >= 4 is 32.0 Å². The van der Waals surface area contributed by atoms with Crippen molar-refractivity contribution < 1.29 is 0 Å². The Hall–Kier alpha value is -1.39. The summed E-state index contributed by atoms with van der Waals surface area (Å²) >= 11 is 0. The van der Waals surface area contributed by atoms with E-state index in [9.17, 15) is 5.26 Å². The standard InChI is InChI=1S/C14H21N3Si2/c1-18(2,3)13-11-8-7-9-16-17(11)12(10-15)14(13)19(4,5)6/h7-9H,1-6H3. The first-order valence-corrected chi connectivity index (χ1v) is 13.6. The van der Waals surface area contributed by atoms with E-state index in [1.54, 1.807) is 6.20 Å². The second-order valence-electron chi connectivity index (χ2n) is 7.03. The predicted octanol–water partition coefficient (Wildman–Crippen LogP) is 2.30. The van der Waals surface area contributed by atoms with Gasteiger partial charge in [-0.25, -0.2) is 4.52 Å². The molecule has 0 atom stereocenters. The van der Waals surface area contributed by atoms with Gasteiger partial charge in [-0.3, -0.25) is 0 Å². The van der Waals surface area contributed by atoms with Crippen LogP contribution in [0.2, 0.25) is 39.3 Å². The van der Waals surface area contributed by atoms with Crippen molar-refractivity contribution in [3.63, 3.8) is 0 Å². The molecule has 0 aliphatic rings. The van der Waals surface area contributed by atoms with Gasteiger partial charge < -0.3 is 0 Å². The van der Waals surface area contributed by atoms with E-state index < -0.39 is 16.1 Å². The SMILES string of the molecule is C[Si](C)(C)c1c([Si](C)(C)C)c2cccnn2c1C#N. The van der Waals surface area contributed by atoms with Crippen LogP contribution in [0.3, 0.4) is 0 Å². The molecule has 0 unspecified atom stereocenters. The molecule has 2 aromatic rings. The van der Waals surface area contributed by atoms with E-state index in [1.165, 1.54) is 10.4 Å². The summed E-state index contributed by atoms with van der Waals surface area (Å²) in [5.41, 5.74) is 1.89. The van der Waals surface area contributed by atoms with Gasteiger partial charge in [-0.05, 0) is 22.5 Å². The maximum absolute atomic E-state index is 9.59. The molecule has 0 aliphatic heterocycles. The molecule has 2 aromatic heterocycles. The lowest BCUT2D eigenvalue weighted by Gasteiger charge is -2.24. The van der Waals surface area contributed by atoms with Crippen LogP contribution in [-0.4, -0.2) is 25.8 Å². The molecule has 3 nitrogen and oxygen atoms in total. The zero-order chi connectivity index (χ0) is 14.4. The van der Waals surface area contributed by atoms with E-state index in [2.05, 4.69) is 56.5 Å². The summed E-state index contributed by atoms with van der Waals surface area (Å²) in [5.74, 6) is 0. The van der Waals surface area contributed by atoms with Crippen molar-refractivity contribution in [1.82, 2.24) is 9.61 Å². The number of fused-ring (bicyclic) bond motifs is 1. The van der Waals surface area contributed by atoms with Crippen molar-refractivity contribution in [3.8, 4) is 6.07 Å². The predicted molar refractivity (Wildman–Crippen MR) is 85.9 cm³/mol. The Balaban J connectivity index is 3.04. The second-order valence-corrected chi connectivity index (χ2v) is 17.0. The molecule has 0 spiro atoms. The molecular weight excluding hydrogens is 266 g/mol. The maximum Gasteiger partial charge on any atom is 0.141 e. The van der Waals surface area contributed by atoms with Gasteiger partial charge in [0.25, 0.3) is 0 Å². The Labute approximate surface area is 116 Å². The van der Waals surface area contributed by atoms with Crippen molar-refractivity contribution in [2.45, 2.75) is 39.3 Å². The number of nitriles is 1. The molecule has 0 bridgehead atoms. The summed E-state index contributed by atoms with van der Waals surface area (Å²) in [4.78, 5) is 0. The molecule has 0 aromatic carbocycles.